The molecular formula is C14H23N3O4. The van der Waals surface area contributed by atoms with E-state index in [0.717, 1.165) is 19.3 Å². The molecule has 0 radical (unpaired) electrons. The highest BCUT2D eigenvalue weighted by Gasteiger charge is 2.51. The van der Waals surface area contributed by atoms with Crippen molar-refractivity contribution < 1.29 is 19.5 Å². The van der Waals surface area contributed by atoms with Gasteiger partial charge in [0, 0.05) is 19.6 Å². The summed E-state index contributed by atoms with van der Waals surface area (Å²) in [6.07, 6.45) is 2.78. The van der Waals surface area contributed by atoms with E-state index >= 15 is 0 Å². The molecule has 4 atom stereocenters. The molecule has 2 aliphatic rings. The molecule has 2 saturated carbocycles. The van der Waals surface area contributed by atoms with Crippen molar-refractivity contribution in [2.24, 2.45) is 17.8 Å². The van der Waals surface area contributed by atoms with E-state index in [1.54, 1.807) is 0 Å². The molecular weight excluding hydrogens is 274 g/mol. The zero-order valence-electron chi connectivity index (χ0n) is 12.5. The second-order valence-corrected chi connectivity index (χ2v) is 5.98. The predicted molar refractivity (Wildman–Crippen MR) is 75.6 cm³/mol. The Bertz CT molecular complexity index is 440. The topological polar surface area (TPSA) is 98.7 Å². The molecule has 2 bridgehead atoms. The maximum atomic E-state index is 12.1. The van der Waals surface area contributed by atoms with E-state index in [1.165, 1.54) is 11.9 Å². The fourth-order valence-electron chi connectivity index (χ4n) is 3.65. The molecule has 0 aromatic heterocycles. The van der Waals surface area contributed by atoms with E-state index in [0.29, 0.717) is 6.54 Å². The molecule has 0 spiro atoms. The lowest BCUT2D eigenvalue weighted by Crippen LogP contribution is -2.52. The van der Waals surface area contributed by atoms with Crippen LogP contribution in [0.2, 0.25) is 0 Å². The Morgan fingerprint density at radius 3 is 2.52 bits per heavy atom. The number of rotatable bonds is 5. The second kappa shape index (κ2) is 6.32. The highest BCUT2D eigenvalue weighted by molar-refractivity contribution is 5.84. The first-order valence-corrected chi connectivity index (χ1v) is 7.45. The number of hydrogen-bond acceptors (Lipinski definition) is 3. The molecule has 0 heterocycles. The number of nitrogens with zero attached hydrogens (tertiary/aromatic N) is 1. The molecule has 21 heavy (non-hydrogen) atoms. The molecule has 4 unspecified atom stereocenters. The monoisotopic (exact) mass is 297 g/mol. The Labute approximate surface area is 124 Å². The van der Waals surface area contributed by atoms with Crippen molar-refractivity contribution in [3.63, 3.8) is 0 Å². The van der Waals surface area contributed by atoms with Gasteiger partial charge < -0.3 is 20.6 Å². The number of aliphatic carboxylic acids is 1. The Kier molecular flexibility index (Phi) is 4.69. The molecule has 7 nitrogen and oxygen atoms in total. The van der Waals surface area contributed by atoms with Crippen LogP contribution in [0.4, 0.5) is 4.79 Å². The molecule has 2 rings (SSSR count). The third-order valence-electron chi connectivity index (χ3n) is 4.59. The molecule has 0 saturated heterocycles. The van der Waals surface area contributed by atoms with Crippen molar-refractivity contribution in [1.82, 2.24) is 15.5 Å². The van der Waals surface area contributed by atoms with Crippen LogP contribution in [0.3, 0.4) is 0 Å². The molecule has 0 aromatic rings. The lowest BCUT2D eigenvalue weighted by molar-refractivity contribution is -0.144. The van der Waals surface area contributed by atoms with Gasteiger partial charge in [0.05, 0.1) is 5.92 Å². The van der Waals surface area contributed by atoms with Gasteiger partial charge in [0.2, 0.25) is 5.91 Å². The third kappa shape index (κ3) is 3.28. The van der Waals surface area contributed by atoms with Crippen LogP contribution in [0.5, 0.6) is 0 Å². The second-order valence-electron chi connectivity index (χ2n) is 5.98. The van der Waals surface area contributed by atoms with Gasteiger partial charge in [-0.1, -0.05) is 0 Å². The Balaban J connectivity index is 1.92. The minimum Gasteiger partial charge on any atom is -0.481 e. The van der Waals surface area contributed by atoms with Crippen LogP contribution < -0.4 is 10.6 Å². The van der Waals surface area contributed by atoms with Crippen molar-refractivity contribution in [2.45, 2.75) is 32.2 Å². The largest absolute Gasteiger partial charge is 0.481 e. The maximum Gasteiger partial charge on any atom is 0.317 e. The number of urea groups is 1. The lowest BCUT2D eigenvalue weighted by atomic mass is 9.84. The quantitative estimate of drug-likeness (QED) is 0.678. The van der Waals surface area contributed by atoms with Gasteiger partial charge in [-0.25, -0.2) is 4.79 Å². The summed E-state index contributed by atoms with van der Waals surface area (Å²) in [5.41, 5.74) is 0. The standard InChI is InChI=1S/C14H23N3O4/c1-3-15-10(18)7-17(2)14(21)16-12-9-5-4-8(6-9)11(12)13(19)20/h8-9,11-12H,3-7H2,1-2H3,(H,15,18)(H,16,21)(H,19,20). The molecule has 118 valence electrons. The van der Waals surface area contributed by atoms with Crippen molar-refractivity contribution in [2.75, 3.05) is 20.1 Å². The number of carboxylic acids is 1. The number of carbonyl (C=O) groups is 3. The van der Waals surface area contributed by atoms with Crippen LogP contribution in [0.1, 0.15) is 26.2 Å². The molecule has 2 fully saturated rings. The van der Waals surface area contributed by atoms with E-state index in [-0.39, 0.29) is 36.4 Å². The number of carbonyl (C=O) groups excluding carboxylic acids is 2. The third-order valence-corrected chi connectivity index (χ3v) is 4.59. The summed E-state index contributed by atoms with van der Waals surface area (Å²) in [6.45, 7) is 2.30. The number of hydrogen-bond donors (Lipinski definition) is 3. The fourth-order valence-corrected chi connectivity index (χ4v) is 3.65. The fraction of sp³-hybridized carbons (Fsp3) is 0.786. The number of carboxylic acid groups (broad SMARTS) is 1. The first kappa shape index (κ1) is 15.6. The van der Waals surface area contributed by atoms with E-state index < -0.39 is 11.9 Å². The Hall–Kier alpha value is -1.79. The summed E-state index contributed by atoms with van der Waals surface area (Å²) in [7, 11) is 1.54. The van der Waals surface area contributed by atoms with Gasteiger partial charge >= 0.3 is 12.0 Å². The number of likely N-dealkylation sites (N-methyl/N-ethyl adjacent to an activating group) is 2. The zero-order chi connectivity index (χ0) is 15.6. The van der Waals surface area contributed by atoms with Crippen LogP contribution in [-0.2, 0) is 9.59 Å². The van der Waals surface area contributed by atoms with E-state index in [1.807, 2.05) is 6.92 Å². The summed E-state index contributed by atoms with van der Waals surface area (Å²) in [4.78, 5) is 36.3. The summed E-state index contributed by atoms with van der Waals surface area (Å²) >= 11 is 0. The van der Waals surface area contributed by atoms with Crippen LogP contribution in [0, 0.1) is 17.8 Å². The van der Waals surface area contributed by atoms with Crippen molar-refractivity contribution in [1.29, 1.82) is 0 Å². The van der Waals surface area contributed by atoms with Crippen molar-refractivity contribution >= 4 is 17.9 Å². The Morgan fingerprint density at radius 2 is 1.90 bits per heavy atom. The molecule has 7 heteroatoms. The normalized spacial score (nSPS) is 30.0. The van der Waals surface area contributed by atoms with E-state index in [2.05, 4.69) is 10.6 Å². The zero-order valence-corrected chi connectivity index (χ0v) is 12.5. The smallest absolute Gasteiger partial charge is 0.317 e. The van der Waals surface area contributed by atoms with Crippen molar-refractivity contribution in [3.05, 3.63) is 0 Å². The van der Waals surface area contributed by atoms with Gasteiger partial charge in [-0.05, 0) is 38.0 Å². The average molecular weight is 297 g/mol. The average Bonchev–Trinajstić information content (AvgIpc) is 2.99. The van der Waals surface area contributed by atoms with Gasteiger partial charge in [0.15, 0.2) is 0 Å². The van der Waals surface area contributed by atoms with Crippen LogP contribution in [0.15, 0.2) is 0 Å². The van der Waals surface area contributed by atoms with Crippen LogP contribution >= 0.6 is 0 Å². The lowest BCUT2D eigenvalue weighted by Gasteiger charge is -2.30. The molecule has 0 aromatic carbocycles. The van der Waals surface area contributed by atoms with Gasteiger partial charge in [-0.3, -0.25) is 9.59 Å². The minimum atomic E-state index is -0.834. The Morgan fingerprint density at radius 1 is 1.24 bits per heavy atom. The summed E-state index contributed by atoms with van der Waals surface area (Å²) in [5.74, 6) is -1.13. The number of nitrogens with one attached hydrogen (secondary N) is 2. The first-order chi connectivity index (χ1) is 9.93. The SMILES string of the molecule is CCNC(=O)CN(C)C(=O)NC1C2CCC(C2)C1C(=O)O. The van der Waals surface area contributed by atoms with Gasteiger partial charge in [-0.2, -0.15) is 0 Å². The molecule has 0 aliphatic heterocycles. The molecule has 2 aliphatic carbocycles. The highest BCUT2D eigenvalue weighted by atomic mass is 16.4. The summed E-state index contributed by atoms with van der Waals surface area (Å²) < 4.78 is 0. The van der Waals surface area contributed by atoms with E-state index in [4.69, 9.17) is 0 Å². The summed E-state index contributed by atoms with van der Waals surface area (Å²) in [5, 5.41) is 14.8. The van der Waals surface area contributed by atoms with Crippen LogP contribution in [0.25, 0.3) is 0 Å². The van der Waals surface area contributed by atoms with E-state index in [9.17, 15) is 19.5 Å². The van der Waals surface area contributed by atoms with Gasteiger partial charge in [0.1, 0.15) is 6.54 Å². The molecule has 3 N–H and O–H groups in total. The summed E-state index contributed by atoms with van der Waals surface area (Å²) in [6, 6.07) is -0.699. The predicted octanol–water partition coefficient (Wildman–Crippen LogP) is 0.263. The van der Waals surface area contributed by atoms with Crippen LogP contribution in [-0.4, -0.2) is 54.1 Å². The number of fused-ring (bicyclic) bond motifs is 2. The van der Waals surface area contributed by atoms with Crippen molar-refractivity contribution in [3.8, 4) is 0 Å². The number of amides is 3. The van der Waals surface area contributed by atoms with Gasteiger partial charge in [-0.15, -0.1) is 0 Å². The highest BCUT2D eigenvalue weighted by Crippen LogP contribution is 2.48. The molecule has 3 amide bonds. The maximum absolute atomic E-state index is 12.1. The first-order valence-electron chi connectivity index (χ1n) is 7.45. The minimum absolute atomic E-state index is 0.0295. The van der Waals surface area contributed by atoms with Gasteiger partial charge in [0.25, 0.3) is 0 Å².